The second-order valence-corrected chi connectivity index (χ2v) is 7.02. The van der Waals surface area contributed by atoms with Gasteiger partial charge in [0.05, 0.1) is 18.7 Å². The van der Waals surface area contributed by atoms with Gasteiger partial charge in [-0.1, -0.05) is 17.7 Å². The lowest BCUT2D eigenvalue weighted by Gasteiger charge is -2.40. The number of alkyl halides is 3. The Labute approximate surface area is 179 Å². The van der Waals surface area contributed by atoms with E-state index >= 15 is 0 Å². The summed E-state index contributed by atoms with van der Waals surface area (Å²) >= 11 is 0. The first kappa shape index (κ1) is 25.1. The number of aliphatic carboxylic acids is 1. The van der Waals surface area contributed by atoms with Crippen molar-refractivity contribution in [1.29, 1.82) is 0 Å². The minimum atomic E-state index is -5.33. The van der Waals surface area contributed by atoms with Gasteiger partial charge >= 0.3 is 18.1 Å². The number of aryl methyl sites for hydroxylation is 1. The van der Waals surface area contributed by atoms with E-state index in [2.05, 4.69) is 5.32 Å². The van der Waals surface area contributed by atoms with E-state index in [0.29, 0.717) is 6.08 Å². The average molecular weight is 462 g/mol. The van der Waals surface area contributed by atoms with Crippen molar-refractivity contribution >= 4 is 17.8 Å². The summed E-state index contributed by atoms with van der Waals surface area (Å²) in [5.74, 6) is -5.95. The standard InChI is InChI=1S/C19H21F3N2O8/c1-8-2-4-9(5-3-8)16(28)24-13-10(23-18(31)19(20,21)22)6-12(17(29)30)32-15(13)14(27)11(26)7-25/h2-6,10-11,13-15,25-27H,7H2,1H3,(H,23,31)(H,24,28)(H,29,30)/t10-,11+,13+,14+,15+/m0/s1. The molecule has 0 bridgehead atoms. The maximum absolute atomic E-state index is 12.8. The molecule has 13 heteroatoms. The summed E-state index contributed by atoms with van der Waals surface area (Å²) in [5, 5.41) is 42.2. The van der Waals surface area contributed by atoms with Crippen LogP contribution in [-0.4, -0.2) is 81.4 Å². The summed E-state index contributed by atoms with van der Waals surface area (Å²) in [6.45, 7) is 0.742. The number of nitrogens with one attached hydrogen (secondary N) is 2. The smallest absolute Gasteiger partial charge is 0.471 e. The number of hydrogen-bond donors (Lipinski definition) is 6. The second-order valence-electron chi connectivity index (χ2n) is 7.02. The summed E-state index contributed by atoms with van der Waals surface area (Å²) in [4.78, 5) is 35.5. The zero-order valence-electron chi connectivity index (χ0n) is 16.5. The molecular formula is C19H21F3N2O8. The van der Waals surface area contributed by atoms with Gasteiger partial charge in [0.25, 0.3) is 5.91 Å². The number of halogens is 3. The molecule has 32 heavy (non-hydrogen) atoms. The Morgan fingerprint density at radius 3 is 2.22 bits per heavy atom. The SMILES string of the molecule is Cc1ccc(C(=O)N[C@H]2[C@H]([C@H](O)[C@H](O)CO)OC(C(=O)O)=C[C@@H]2NC(=O)C(F)(F)F)cc1. The number of amides is 2. The third-order valence-corrected chi connectivity index (χ3v) is 4.63. The fraction of sp³-hybridized carbons (Fsp3) is 0.421. The number of carbonyl (C=O) groups excluding carboxylic acids is 2. The molecule has 1 aliphatic rings. The molecule has 0 radical (unpaired) electrons. The van der Waals surface area contributed by atoms with Crippen molar-refractivity contribution in [2.24, 2.45) is 0 Å². The van der Waals surface area contributed by atoms with E-state index in [9.17, 15) is 42.9 Å². The number of carboxylic acids is 1. The molecule has 1 aromatic rings. The number of rotatable bonds is 7. The molecule has 1 aliphatic heterocycles. The Balaban J connectivity index is 2.46. The number of benzene rings is 1. The highest BCUT2D eigenvalue weighted by Gasteiger charge is 2.47. The summed E-state index contributed by atoms with van der Waals surface area (Å²) in [6, 6.07) is 2.52. The van der Waals surface area contributed by atoms with Gasteiger partial charge in [0.1, 0.15) is 18.3 Å². The molecule has 0 saturated carbocycles. The second kappa shape index (κ2) is 9.97. The first-order valence-electron chi connectivity index (χ1n) is 9.19. The first-order chi connectivity index (χ1) is 14.8. The van der Waals surface area contributed by atoms with Crippen LogP contribution in [0.3, 0.4) is 0 Å². The van der Waals surface area contributed by atoms with E-state index in [0.717, 1.165) is 5.56 Å². The Hall–Kier alpha value is -3.16. The van der Waals surface area contributed by atoms with Crippen LogP contribution in [0.25, 0.3) is 0 Å². The van der Waals surface area contributed by atoms with Crippen molar-refractivity contribution in [3.63, 3.8) is 0 Å². The van der Waals surface area contributed by atoms with Crippen molar-refractivity contribution in [3.8, 4) is 0 Å². The predicted octanol–water partition coefficient (Wildman–Crippen LogP) is -0.778. The largest absolute Gasteiger partial charge is 0.478 e. The van der Waals surface area contributed by atoms with Crippen molar-refractivity contribution < 1.29 is 52.7 Å². The third kappa shape index (κ3) is 5.96. The molecule has 0 aromatic heterocycles. The van der Waals surface area contributed by atoms with E-state index in [-0.39, 0.29) is 5.56 Å². The third-order valence-electron chi connectivity index (χ3n) is 4.63. The van der Waals surface area contributed by atoms with Crippen LogP contribution in [0.2, 0.25) is 0 Å². The number of hydrogen-bond acceptors (Lipinski definition) is 7. The predicted molar refractivity (Wildman–Crippen MR) is 100 cm³/mol. The lowest BCUT2D eigenvalue weighted by Crippen LogP contribution is -2.64. The quantitative estimate of drug-likeness (QED) is 0.307. The van der Waals surface area contributed by atoms with E-state index in [4.69, 9.17) is 9.84 Å². The molecule has 0 spiro atoms. The van der Waals surface area contributed by atoms with Gasteiger partial charge in [0.15, 0.2) is 0 Å². The van der Waals surface area contributed by atoms with Crippen LogP contribution >= 0.6 is 0 Å². The van der Waals surface area contributed by atoms with Gasteiger partial charge in [-0.05, 0) is 25.1 Å². The van der Waals surface area contributed by atoms with Crippen LogP contribution in [0.1, 0.15) is 15.9 Å². The van der Waals surface area contributed by atoms with Crippen molar-refractivity contribution in [2.45, 2.75) is 43.5 Å². The van der Waals surface area contributed by atoms with Gasteiger partial charge < -0.3 is 35.8 Å². The van der Waals surface area contributed by atoms with Gasteiger partial charge in [-0.3, -0.25) is 9.59 Å². The van der Waals surface area contributed by atoms with Gasteiger partial charge in [0, 0.05) is 5.56 Å². The Morgan fingerprint density at radius 2 is 1.72 bits per heavy atom. The normalized spacial score (nSPS) is 22.7. The molecular weight excluding hydrogens is 441 g/mol. The molecule has 1 aromatic carbocycles. The number of aliphatic hydroxyl groups is 3. The summed E-state index contributed by atoms with van der Waals surface area (Å²) in [7, 11) is 0. The zero-order valence-corrected chi connectivity index (χ0v) is 16.5. The fourth-order valence-electron chi connectivity index (χ4n) is 2.94. The van der Waals surface area contributed by atoms with Crippen molar-refractivity contribution in [2.75, 3.05) is 6.61 Å². The van der Waals surface area contributed by atoms with Gasteiger partial charge in [0.2, 0.25) is 5.76 Å². The van der Waals surface area contributed by atoms with E-state index in [1.54, 1.807) is 24.4 Å². The van der Waals surface area contributed by atoms with Gasteiger partial charge in [-0.15, -0.1) is 0 Å². The highest BCUT2D eigenvalue weighted by atomic mass is 19.4. The zero-order chi connectivity index (χ0) is 24.2. The summed E-state index contributed by atoms with van der Waals surface area (Å²) in [6.07, 6.45) is -10.5. The molecule has 5 atom stereocenters. The maximum atomic E-state index is 12.8. The van der Waals surface area contributed by atoms with Crippen LogP contribution in [0.5, 0.6) is 0 Å². The van der Waals surface area contributed by atoms with Crippen molar-refractivity contribution in [1.82, 2.24) is 10.6 Å². The molecule has 0 saturated heterocycles. The molecule has 0 aliphatic carbocycles. The first-order valence-corrected chi connectivity index (χ1v) is 9.19. The maximum Gasteiger partial charge on any atom is 0.471 e. The van der Waals surface area contributed by atoms with Crippen LogP contribution in [0.4, 0.5) is 13.2 Å². The van der Waals surface area contributed by atoms with E-state index in [1.807, 2.05) is 0 Å². The number of carbonyl (C=O) groups is 3. The molecule has 2 amide bonds. The van der Waals surface area contributed by atoms with E-state index in [1.165, 1.54) is 12.1 Å². The highest BCUT2D eigenvalue weighted by molar-refractivity contribution is 5.94. The highest BCUT2D eigenvalue weighted by Crippen LogP contribution is 2.25. The average Bonchev–Trinajstić information content (AvgIpc) is 2.73. The number of aliphatic hydroxyl groups excluding tert-OH is 3. The lowest BCUT2D eigenvalue weighted by molar-refractivity contribution is -0.175. The molecule has 1 heterocycles. The molecule has 2 rings (SSSR count). The van der Waals surface area contributed by atoms with Crippen molar-refractivity contribution in [3.05, 3.63) is 47.2 Å². The van der Waals surface area contributed by atoms with Gasteiger partial charge in [-0.25, -0.2) is 4.79 Å². The Kier molecular flexibility index (Phi) is 7.83. The van der Waals surface area contributed by atoms with Crippen LogP contribution < -0.4 is 10.6 Å². The lowest BCUT2D eigenvalue weighted by atomic mass is 9.91. The monoisotopic (exact) mass is 462 g/mol. The van der Waals surface area contributed by atoms with E-state index < -0.39 is 66.7 Å². The fourth-order valence-corrected chi connectivity index (χ4v) is 2.94. The minimum absolute atomic E-state index is 0.0699. The van der Waals surface area contributed by atoms with Crippen LogP contribution in [0.15, 0.2) is 36.1 Å². The number of ether oxygens (including phenoxy) is 1. The topological polar surface area (TPSA) is 165 Å². The molecule has 0 unspecified atom stereocenters. The van der Waals surface area contributed by atoms with Crippen LogP contribution in [-0.2, 0) is 14.3 Å². The molecule has 176 valence electrons. The molecule has 0 fully saturated rings. The van der Waals surface area contributed by atoms with Gasteiger partial charge in [-0.2, -0.15) is 13.2 Å². The minimum Gasteiger partial charge on any atom is -0.478 e. The molecule has 10 nitrogen and oxygen atoms in total. The molecule has 6 N–H and O–H groups in total. The number of carboxylic acid groups (broad SMARTS) is 1. The Morgan fingerprint density at radius 1 is 1.12 bits per heavy atom. The summed E-state index contributed by atoms with van der Waals surface area (Å²) < 4.78 is 43.5. The van der Waals surface area contributed by atoms with Crippen LogP contribution in [0, 0.1) is 6.92 Å². The summed E-state index contributed by atoms with van der Waals surface area (Å²) in [5.41, 5.74) is 0.881. The Bertz CT molecular complexity index is 888.